The number of nitrogens with one attached hydrogen (secondary N) is 1. The molecule has 2 rings (SSSR count). The van der Waals surface area contributed by atoms with Crippen LogP contribution >= 0.6 is 11.8 Å². The van der Waals surface area contributed by atoms with E-state index in [0.717, 1.165) is 29.2 Å². The molecule has 0 aliphatic rings. The number of hydrogen-bond donors (Lipinski definition) is 1. The maximum Gasteiger partial charge on any atom is 0.253 e. The van der Waals surface area contributed by atoms with E-state index in [1.54, 1.807) is 22.7 Å². The number of nitrogens with zero attached hydrogens (tertiary/aromatic N) is 1. The molecule has 0 atom stereocenters. The molecule has 4 nitrogen and oxygen atoms in total. The van der Waals surface area contributed by atoms with Crippen molar-refractivity contribution in [3.05, 3.63) is 53.6 Å². The summed E-state index contributed by atoms with van der Waals surface area (Å²) in [6.45, 7) is 6.35. The molecule has 0 saturated heterocycles. The van der Waals surface area contributed by atoms with Gasteiger partial charge in [0.15, 0.2) is 0 Å². The Kier molecular flexibility index (Phi) is 7.27. The van der Waals surface area contributed by atoms with Crippen LogP contribution in [-0.2, 0) is 4.79 Å². The molecule has 0 radical (unpaired) electrons. The summed E-state index contributed by atoms with van der Waals surface area (Å²) in [7, 11) is 1.81. The monoisotopic (exact) mass is 370 g/mol. The maximum absolute atomic E-state index is 12.6. The summed E-state index contributed by atoms with van der Waals surface area (Å²) in [5.74, 6) is -0.184. The predicted octanol–water partition coefficient (Wildman–Crippen LogP) is 4.98. The van der Waals surface area contributed by atoms with Crippen LogP contribution in [-0.4, -0.2) is 30.3 Å². The summed E-state index contributed by atoms with van der Waals surface area (Å²) in [4.78, 5) is 27.9. The number of hydrogen-bond acceptors (Lipinski definition) is 3. The minimum Gasteiger partial charge on any atom is -0.342 e. The Hall–Kier alpha value is -2.27. The molecule has 0 aromatic heterocycles. The van der Waals surface area contributed by atoms with E-state index in [0.29, 0.717) is 11.3 Å². The molecule has 26 heavy (non-hydrogen) atoms. The Labute approximate surface area is 160 Å². The zero-order chi connectivity index (χ0) is 19.1. The van der Waals surface area contributed by atoms with Crippen molar-refractivity contribution < 1.29 is 9.59 Å². The Bertz CT molecular complexity index is 772. The van der Waals surface area contributed by atoms with Crippen LogP contribution in [0.2, 0.25) is 0 Å². The van der Waals surface area contributed by atoms with E-state index in [9.17, 15) is 9.59 Å². The van der Waals surface area contributed by atoms with E-state index in [2.05, 4.69) is 36.5 Å². The molecular formula is C21H26N2O2S. The van der Waals surface area contributed by atoms with E-state index in [4.69, 9.17) is 0 Å². The predicted molar refractivity (Wildman–Crippen MR) is 108 cm³/mol. The number of aryl methyl sites for hydroxylation is 1. The fraction of sp³-hybridized carbons (Fsp3) is 0.333. The van der Waals surface area contributed by atoms with Gasteiger partial charge in [-0.05, 0) is 43.7 Å². The molecule has 0 spiro atoms. The zero-order valence-electron chi connectivity index (χ0n) is 15.8. The summed E-state index contributed by atoms with van der Waals surface area (Å²) >= 11 is 1.57. The standard InChI is InChI=1S/C21H26N2O2S/c1-5-6-13-23(4)21(25)17-9-12-20(19(14-17)22-16(3)24)26-18-10-7-15(2)8-11-18/h7-12,14H,5-6,13H2,1-4H3,(H,22,24). The highest BCUT2D eigenvalue weighted by atomic mass is 32.2. The normalized spacial score (nSPS) is 10.5. The minimum absolute atomic E-state index is 0.0306. The molecule has 0 fully saturated rings. The van der Waals surface area contributed by atoms with Crippen molar-refractivity contribution in [1.82, 2.24) is 4.90 Å². The van der Waals surface area contributed by atoms with Crippen molar-refractivity contribution >= 4 is 29.3 Å². The van der Waals surface area contributed by atoms with Crippen LogP contribution in [0.5, 0.6) is 0 Å². The second-order valence-corrected chi connectivity index (χ2v) is 7.50. The number of unbranched alkanes of at least 4 members (excludes halogenated alkanes) is 1. The lowest BCUT2D eigenvalue weighted by molar-refractivity contribution is -0.114. The highest BCUT2D eigenvalue weighted by Crippen LogP contribution is 2.34. The molecule has 0 aliphatic carbocycles. The van der Waals surface area contributed by atoms with E-state index in [-0.39, 0.29) is 11.8 Å². The molecule has 2 aromatic rings. The van der Waals surface area contributed by atoms with Crippen molar-refractivity contribution in [3.8, 4) is 0 Å². The van der Waals surface area contributed by atoms with Crippen molar-refractivity contribution in [2.75, 3.05) is 18.9 Å². The molecule has 1 N–H and O–H groups in total. The number of anilines is 1. The van der Waals surface area contributed by atoms with Gasteiger partial charge in [0, 0.05) is 35.9 Å². The second-order valence-electron chi connectivity index (χ2n) is 6.39. The van der Waals surface area contributed by atoms with Gasteiger partial charge < -0.3 is 10.2 Å². The zero-order valence-corrected chi connectivity index (χ0v) is 16.7. The fourth-order valence-electron chi connectivity index (χ4n) is 2.49. The maximum atomic E-state index is 12.6. The SMILES string of the molecule is CCCCN(C)C(=O)c1ccc(Sc2ccc(C)cc2)c(NC(C)=O)c1. The van der Waals surface area contributed by atoms with E-state index in [1.165, 1.54) is 12.5 Å². The molecule has 2 aromatic carbocycles. The Balaban J connectivity index is 2.27. The molecule has 0 heterocycles. The fourth-order valence-corrected chi connectivity index (χ4v) is 3.37. The smallest absolute Gasteiger partial charge is 0.253 e. The minimum atomic E-state index is -0.153. The lowest BCUT2D eigenvalue weighted by atomic mass is 10.1. The first kappa shape index (κ1) is 20.0. The van der Waals surface area contributed by atoms with Gasteiger partial charge in [-0.25, -0.2) is 0 Å². The first-order valence-corrected chi connectivity index (χ1v) is 9.64. The number of carbonyl (C=O) groups is 2. The summed E-state index contributed by atoms with van der Waals surface area (Å²) in [6, 6.07) is 13.7. The largest absolute Gasteiger partial charge is 0.342 e. The van der Waals surface area contributed by atoms with Gasteiger partial charge in [-0.3, -0.25) is 9.59 Å². The Morgan fingerprint density at radius 2 is 1.81 bits per heavy atom. The third-order valence-corrected chi connectivity index (χ3v) is 5.06. The highest BCUT2D eigenvalue weighted by Gasteiger charge is 2.15. The Morgan fingerprint density at radius 3 is 2.42 bits per heavy atom. The second kappa shape index (κ2) is 9.43. The van der Waals surface area contributed by atoms with Crippen LogP contribution in [0.3, 0.4) is 0 Å². The summed E-state index contributed by atoms with van der Waals surface area (Å²) in [5, 5.41) is 2.85. The molecule has 0 unspecified atom stereocenters. The van der Waals surface area contributed by atoms with E-state index in [1.807, 2.05) is 26.1 Å². The first-order chi connectivity index (χ1) is 12.4. The van der Waals surface area contributed by atoms with Crippen molar-refractivity contribution in [1.29, 1.82) is 0 Å². The number of benzene rings is 2. The number of amides is 2. The van der Waals surface area contributed by atoms with Gasteiger partial charge in [0.25, 0.3) is 5.91 Å². The summed E-state index contributed by atoms with van der Waals surface area (Å²) < 4.78 is 0. The lowest BCUT2D eigenvalue weighted by Crippen LogP contribution is -2.27. The third-order valence-electron chi connectivity index (χ3n) is 3.98. The number of carbonyl (C=O) groups excluding carboxylic acids is 2. The van der Waals surface area contributed by atoms with Crippen molar-refractivity contribution in [2.24, 2.45) is 0 Å². The van der Waals surface area contributed by atoms with Crippen LogP contribution in [0, 0.1) is 6.92 Å². The van der Waals surface area contributed by atoms with Gasteiger partial charge in [0.05, 0.1) is 5.69 Å². The molecule has 138 valence electrons. The van der Waals surface area contributed by atoms with Crippen molar-refractivity contribution in [3.63, 3.8) is 0 Å². The summed E-state index contributed by atoms with van der Waals surface area (Å²) in [5.41, 5.74) is 2.45. The molecular weight excluding hydrogens is 344 g/mol. The quantitative estimate of drug-likeness (QED) is 0.748. The van der Waals surface area contributed by atoms with Crippen LogP contribution in [0.25, 0.3) is 0 Å². The molecule has 5 heteroatoms. The highest BCUT2D eigenvalue weighted by molar-refractivity contribution is 7.99. The molecule has 2 amide bonds. The van der Waals surface area contributed by atoms with Crippen LogP contribution in [0.15, 0.2) is 52.3 Å². The Morgan fingerprint density at radius 1 is 1.12 bits per heavy atom. The first-order valence-electron chi connectivity index (χ1n) is 8.82. The van der Waals surface area contributed by atoms with Gasteiger partial charge >= 0.3 is 0 Å². The average molecular weight is 371 g/mol. The van der Waals surface area contributed by atoms with Crippen LogP contribution in [0.1, 0.15) is 42.6 Å². The van der Waals surface area contributed by atoms with Gasteiger partial charge in [0.2, 0.25) is 5.91 Å². The van der Waals surface area contributed by atoms with Gasteiger partial charge in [0.1, 0.15) is 0 Å². The third kappa shape index (κ3) is 5.63. The summed E-state index contributed by atoms with van der Waals surface area (Å²) in [6.07, 6.45) is 2.02. The van der Waals surface area contributed by atoms with Gasteiger partial charge in [-0.2, -0.15) is 0 Å². The van der Waals surface area contributed by atoms with Gasteiger partial charge in [-0.1, -0.05) is 42.8 Å². The van der Waals surface area contributed by atoms with E-state index >= 15 is 0 Å². The molecule has 0 bridgehead atoms. The lowest BCUT2D eigenvalue weighted by Gasteiger charge is -2.18. The van der Waals surface area contributed by atoms with E-state index < -0.39 is 0 Å². The van der Waals surface area contributed by atoms with Crippen LogP contribution in [0.4, 0.5) is 5.69 Å². The average Bonchev–Trinajstić information content (AvgIpc) is 2.61. The van der Waals surface area contributed by atoms with Crippen LogP contribution < -0.4 is 5.32 Å². The number of rotatable bonds is 7. The topological polar surface area (TPSA) is 49.4 Å². The van der Waals surface area contributed by atoms with Crippen molar-refractivity contribution in [2.45, 2.75) is 43.4 Å². The molecule has 0 aliphatic heterocycles. The van der Waals surface area contributed by atoms with Gasteiger partial charge in [-0.15, -0.1) is 0 Å². The molecule has 0 saturated carbocycles.